The van der Waals surface area contributed by atoms with E-state index in [1.807, 2.05) is 13.0 Å². The summed E-state index contributed by atoms with van der Waals surface area (Å²) in [5, 5.41) is 10.8. The molecule has 1 aromatic heterocycles. The van der Waals surface area contributed by atoms with Crippen molar-refractivity contribution in [2.45, 2.75) is 95.0 Å². The SMILES string of the molecule is C[C@@H]1C[C@H]2C(=O)OCC(NC(=O)[C@H](Cc3ccccc3)NC(=O)Nc3ccccn3)C(=O)N3CCC[C@H]3C(=O)N3CCCC[C@H]3C(=O)N[C@@H](C)C(=O)N2C1. The number of piperidine rings is 1. The Bertz CT molecular complexity index is 1730. The quantitative estimate of drug-likeness (QED) is 0.312. The van der Waals surface area contributed by atoms with Gasteiger partial charge in [-0.15, -0.1) is 0 Å². The molecular weight excluding hydrogens is 696 g/mol. The van der Waals surface area contributed by atoms with Gasteiger partial charge >= 0.3 is 12.0 Å². The molecule has 4 aliphatic rings. The molecule has 54 heavy (non-hydrogen) atoms. The van der Waals surface area contributed by atoms with Crippen LogP contribution in [-0.4, -0.2) is 124 Å². The maximum Gasteiger partial charge on any atom is 0.328 e. The van der Waals surface area contributed by atoms with Gasteiger partial charge in [-0.05, 0) is 69.1 Å². The van der Waals surface area contributed by atoms with Crippen LogP contribution in [0.2, 0.25) is 0 Å². The van der Waals surface area contributed by atoms with Crippen molar-refractivity contribution in [1.29, 1.82) is 0 Å². The van der Waals surface area contributed by atoms with Gasteiger partial charge in [0, 0.05) is 32.3 Å². The molecule has 0 spiro atoms. The Morgan fingerprint density at radius 1 is 0.852 bits per heavy atom. The third-order valence-electron chi connectivity index (χ3n) is 10.5. The van der Waals surface area contributed by atoms with E-state index in [0.29, 0.717) is 45.1 Å². The number of hydrogen-bond acceptors (Lipinski definition) is 9. The average molecular weight is 745 g/mol. The molecular formula is C38H48N8O8. The number of fused-ring (bicyclic) bond motifs is 3. The number of ether oxygens (including phenoxy) is 1. The van der Waals surface area contributed by atoms with Gasteiger partial charge in [-0.25, -0.2) is 14.6 Å². The van der Waals surface area contributed by atoms with Crippen LogP contribution in [0.25, 0.3) is 0 Å². The van der Waals surface area contributed by atoms with E-state index in [9.17, 15) is 33.6 Å². The van der Waals surface area contributed by atoms with Crippen LogP contribution in [0.5, 0.6) is 0 Å². The number of carbonyl (C=O) groups is 7. The fourth-order valence-corrected chi connectivity index (χ4v) is 7.79. The van der Waals surface area contributed by atoms with E-state index >= 15 is 0 Å². The number of cyclic esters (lactones) is 1. The van der Waals surface area contributed by atoms with Crippen molar-refractivity contribution >= 4 is 47.4 Å². The molecule has 7 amide bonds. The summed E-state index contributed by atoms with van der Waals surface area (Å²) in [6.45, 7) is 3.66. The van der Waals surface area contributed by atoms with Gasteiger partial charge in [0.05, 0.1) is 0 Å². The summed E-state index contributed by atoms with van der Waals surface area (Å²) < 4.78 is 5.73. The van der Waals surface area contributed by atoms with Crippen LogP contribution in [0.1, 0.15) is 57.9 Å². The summed E-state index contributed by atoms with van der Waals surface area (Å²) >= 11 is 0. The number of pyridine rings is 1. The van der Waals surface area contributed by atoms with Crippen molar-refractivity contribution in [2.75, 3.05) is 31.6 Å². The van der Waals surface area contributed by atoms with Gasteiger partial charge in [0.15, 0.2) is 0 Å². The van der Waals surface area contributed by atoms with E-state index < -0.39 is 84.4 Å². The molecule has 6 rings (SSSR count). The lowest BCUT2D eigenvalue weighted by molar-refractivity contribution is -0.158. The van der Waals surface area contributed by atoms with Crippen molar-refractivity contribution in [3.8, 4) is 0 Å². The second-order valence-electron chi connectivity index (χ2n) is 14.6. The third kappa shape index (κ3) is 8.80. The topological polar surface area (TPSA) is 199 Å². The van der Waals surface area contributed by atoms with Gasteiger partial charge in [-0.3, -0.25) is 29.3 Å². The second-order valence-corrected chi connectivity index (χ2v) is 14.6. The summed E-state index contributed by atoms with van der Waals surface area (Å²) in [7, 11) is 0. The summed E-state index contributed by atoms with van der Waals surface area (Å²) in [5.41, 5.74) is 0.728. The van der Waals surface area contributed by atoms with Crippen molar-refractivity contribution in [2.24, 2.45) is 5.92 Å². The van der Waals surface area contributed by atoms with E-state index in [-0.39, 0.29) is 31.2 Å². The fourth-order valence-electron chi connectivity index (χ4n) is 7.79. The van der Waals surface area contributed by atoms with Crippen LogP contribution in [0.3, 0.4) is 0 Å². The van der Waals surface area contributed by atoms with E-state index in [0.717, 1.165) is 5.56 Å². The number of carbonyl (C=O) groups excluding carboxylic acids is 7. The predicted octanol–water partition coefficient (Wildman–Crippen LogP) is 0.970. The molecule has 288 valence electrons. The first-order valence-corrected chi connectivity index (χ1v) is 18.7. The monoisotopic (exact) mass is 744 g/mol. The number of aromatic nitrogens is 1. The molecule has 7 atom stereocenters. The number of esters is 1. The Balaban J connectivity index is 1.30. The van der Waals surface area contributed by atoms with Crippen molar-refractivity contribution in [3.05, 3.63) is 60.3 Å². The molecule has 4 fully saturated rings. The van der Waals surface area contributed by atoms with Crippen LogP contribution in [0, 0.1) is 5.92 Å². The van der Waals surface area contributed by atoms with Crippen molar-refractivity contribution < 1.29 is 38.3 Å². The Kier molecular flexibility index (Phi) is 12.1. The lowest BCUT2D eigenvalue weighted by Gasteiger charge is -2.39. The van der Waals surface area contributed by atoms with E-state index in [4.69, 9.17) is 4.74 Å². The Morgan fingerprint density at radius 3 is 2.33 bits per heavy atom. The maximum atomic E-state index is 14.4. The number of anilines is 1. The highest BCUT2D eigenvalue weighted by atomic mass is 16.5. The van der Waals surface area contributed by atoms with Gasteiger partial charge in [0.1, 0.15) is 48.7 Å². The number of amides is 7. The first-order valence-electron chi connectivity index (χ1n) is 18.7. The minimum absolute atomic E-state index is 0.0486. The van der Waals surface area contributed by atoms with Crippen LogP contribution in [0.15, 0.2) is 54.7 Å². The minimum atomic E-state index is -1.44. The summed E-state index contributed by atoms with van der Waals surface area (Å²) in [6, 6.07) is 6.95. The molecule has 5 heterocycles. The Labute approximate surface area is 313 Å². The van der Waals surface area contributed by atoms with Gasteiger partial charge in [0.25, 0.3) is 0 Å². The predicted molar refractivity (Wildman–Crippen MR) is 194 cm³/mol. The summed E-state index contributed by atoms with van der Waals surface area (Å²) in [4.78, 5) is 105. The van der Waals surface area contributed by atoms with Gasteiger partial charge in [-0.2, -0.15) is 0 Å². The second kappa shape index (κ2) is 17.1. The van der Waals surface area contributed by atoms with Crippen molar-refractivity contribution in [1.82, 2.24) is 35.6 Å². The summed E-state index contributed by atoms with van der Waals surface area (Å²) in [5.74, 6) is -3.24. The van der Waals surface area contributed by atoms with Gasteiger partial charge in [0.2, 0.25) is 29.5 Å². The number of benzene rings is 1. The molecule has 0 aliphatic carbocycles. The van der Waals surface area contributed by atoms with E-state index in [2.05, 4.69) is 26.3 Å². The Hall–Kier alpha value is -5.54. The summed E-state index contributed by atoms with van der Waals surface area (Å²) in [6.07, 6.45) is 4.50. The van der Waals surface area contributed by atoms with Crippen LogP contribution < -0.4 is 21.3 Å². The van der Waals surface area contributed by atoms with Gasteiger partial charge < -0.3 is 35.4 Å². The number of rotatable bonds is 6. The van der Waals surface area contributed by atoms with Crippen LogP contribution in [-0.2, 0) is 39.9 Å². The number of nitrogens with one attached hydrogen (secondary N) is 4. The molecule has 1 aromatic carbocycles. The van der Waals surface area contributed by atoms with E-state index in [1.165, 1.54) is 20.9 Å². The smallest absolute Gasteiger partial charge is 0.328 e. The fraction of sp³-hybridized carbons (Fsp3) is 0.526. The molecule has 0 radical (unpaired) electrons. The average Bonchev–Trinajstić information content (AvgIpc) is 3.83. The number of urea groups is 1. The Morgan fingerprint density at radius 2 is 1.57 bits per heavy atom. The normalized spacial score (nSPS) is 27.2. The molecule has 2 aromatic rings. The molecule has 16 heteroatoms. The molecule has 4 N–H and O–H groups in total. The largest absolute Gasteiger partial charge is 0.461 e. The lowest BCUT2D eigenvalue weighted by Crippen LogP contribution is -2.62. The molecule has 16 nitrogen and oxygen atoms in total. The zero-order valence-corrected chi connectivity index (χ0v) is 30.6. The molecule has 4 aliphatic heterocycles. The van der Waals surface area contributed by atoms with Gasteiger partial charge in [-0.1, -0.05) is 43.3 Å². The van der Waals surface area contributed by atoms with Crippen molar-refractivity contribution in [3.63, 3.8) is 0 Å². The first kappa shape index (κ1) is 38.2. The zero-order chi connectivity index (χ0) is 38.4. The highest BCUT2D eigenvalue weighted by Gasteiger charge is 2.46. The standard InChI is InChI=1S/C38H48N8O8/c1-23-19-30-37(52)54-22-27(41-32(47)26(20-25-11-4-3-5-12-25)42-38(53)43-31-15-6-8-16-39-31)35(50)45-18-10-14-29(45)36(51)44-17-9-7-13-28(44)33(48)40-24(2)34(49)46(30)21-23/h3-6,8,11-12,15-16,23-24,26-30H,7,9-10,13-14,17-22H2,1-2H3,(H,40,48)(H,41,47)(H2,39,42,43,53)/t23-,24+,26+,27?,28+,29+,30+/m1/s1. The number of nitrogens with zero attached hydrogens (tertiary/aromatic N) is 4. The minimum Gasteiger partial charge on any atom is -0.461 e. The molecule has 0 bridgehead atoms. The zero-order valence-electron chi connectivity index (χ0n) is 30.6. The van der Waals surface area contributed by atoms with Crippen LogP contribution >= 0.6 is 0 Å². The maximum absolute atomic E-state index is 14.4. The highest BCUT2D eigenvalue weighted by molar-refractivity contribution is 5.98. The number of hydrogen-bond donors (Lipinski definition) is 4. The highest BCUT2D eigenvalue weighted by Crippen LogP contribution is 2.28. The molecule has 1 unspecified atom stereocenters. The molecule has 0 saturated carbocycles. The lowest BCUT2D eigenvalue weighted by atomic mass is 9.99. The first-order chi connectivity index (χ1) is 26.0. The third-order valence-corrected chi connectivity index (χ3v) is 10.5. The molecule has 4 saturated heterocycles. The van der Waals surface area contributed by atoms with E-state index in [1.54, 1.807) is 49.4 Å². The van der Waals surface area contributed by atoms with Crippen LogP contribution in [0.4, 0.5) is 10.6 Å².